The van der Waals surface area contributed by atoms with Gasteiger partial charge in [0.25, 0.3) is 5.91 Å². The number of ether oxygens (including phenoxy) is 1. The normalized spacial score (nSPS) is 15.0. The van der Waals surface area contributed by atoms with E-state index in [0.29, 0.717) is 31.9 Å². The number of rotatable bonds is 8. The van der Waals surface area contributed by atoms with Crippen LogP contribution in [0.5, 0.6) is 5.75 Å². The molecule has 1 amide bonds. The summed E-state index contributed by atoms with van der Waals surface area (Å²) in [5.41, 5.74) is 0.679. The third kappa shape index (κ3) is 5.56. The zero-order valence-corrected chi connectivity index (χ0v) is 17.7. The Morgan fingerprint density at radius 2 is 1.90 bits per heavy atom. The number of piperazine rings is 1. The molecule has 1 N–H and O–H groups in total. The molecule has 0 radical (unpaired) electrons. The van der Waals surface area contributed by atoms with Gasteiger partial charge < -0.3 is 15.0 Å². The molecule has 2 aromatic carbocycles. The highest BCUT2D eigenvalue weighted by Gasteiger charge is 2.26. The van der Waals surface area contributed by atoms with Gasteiger partial charge in [-0.15, -0.1) is 0 Å². The van der Waals surface area contributed by atoms with Crippen molar-refractivity contribution in [3.63, 3.8) is 0 Å². The van der Waals surface area contributed by atoms with Gasteiger partial charge in [-0.2, -0.15) is 4.31 Å². The molecule has 162 valence electrons. The van der Waals surface area contributed by atoms with Crippen LogP contribution in [0.3, 0.4) is 0 Å². The maximum atomic E-state index is 14.2. The molecule has 1 aliphatic rings. The van der Waals surface area contributed by atoms with Crippen LogP contribution in [0.15, 0.2) is 48.5 Å². The first-order valence-electron chi connectivity index (χ1n) is 9.76. The van der Waals surface area contributed by atoms with E-state index < -0.39 is 21.7 Å². The van der Waals surface area contributed by atoms with E-state index in [1.165, 1.54) is 27.4 Å². The van der Waals surface area contributed by atoms with Crippen molar-refractivity contribution < 1.29 is 22.3 Å². The summed E-state index contributed by atoms with van der Waals surface area (Å²) in [5.74, 6) is -0.786. The minimum atomic E-state index is -3.53. The van der Waals surface area contributed by atoms with E-state index in [9.17, 15) is 17.6 Å². The number of methoxy groups -OCH3 is 1. The second-order valence-electron chi connectivity index (χ2n) is 7.02. The summed E-state index contributed by atoms with van der Waals surface area (Å²) in [4.78, 5) is 14.4. The van der Waals surface area contributed by atoms with Crippen molar-refractivity contribution in [2.75, 3.05) is 45.6 Å². The van der Waals surface area contributed by atoms with Crippen molar-refractivity contribution in [3.05, 3.63) is 65.5 Å². The number of nitrogens with zero attached hydrogens (tertiary/aromatic N) is 2. The number of amides is 1. The molecule has 1 aliphatic heterocycles. The molecule has 2 aromatic rings. The van der Waals surface area contributed by atoms with Gasteiger partial charge in [-0.05, 0) is 29.8 Å². The van der Waals surface area contributed by atoms with Crippen LogP contribution < -0.4 is 10.1 Å². The molecular weight excluding hydrogens is 409 g/mol. The highest BCUT2D eigenvalue weighted by molar-refractivity contribution is 7.89. The summed E-state index contributed by atoms with van der Waals surface area (Å²) in [6, 6.07) is 12.9. The predicted molar refractivity (Wildman–Crippen MR) is 112 cm³/mol. The molecule has 1 fully saturated rings. The van der Waals surface area contributed by atoms with Gasteiger partial charge in [0.1, 0.15) is 11.6 Å². The predicted octanol–water partition coefficient (Wildman–Crippen LogP) is 1.71. The lowest BCUT2D eigenvalue weighted by atomic mass is 10.1. The van der Waals surface area contributed by atoms with Crippen LogP contribution in [0.1, 0.15) is 15.9 Å². The quantitative estimate of drug-likeness (QED) is 0.683. The van der Waals surface area contributed by atoms with Crippen LogP contribution in [-0.4, -0.2) is 69.1 Å². The summed E-state index contributed by atoms with van der Waals surface area (Å²) >= 11 is 0. The van der Waals surface area contributed by atoms with Crippen molar-refractivity contribution in [3.8, 4) is 5.75 Å². The second kappa shape index (κ2) is 10.0. The number of hydrogen-bond acceptors (Lipinski definition) is 5. The van der Waals surface area contributed by atoms with Crippen LogP contribution in [0.25, 0.3) is 0 Å². The van der Waals surface area contributed by atoms with Crippen molar-refractivity contribution in [2.45, 2.75) is 6.54 Å². The Morgan fingerprint density at radius 3 is 2.60 bits per heavy atom. The van der Waals surface area contributed by atoms with Gasteiger partial charge >= 0.3 is 0 Å². The highest BCUT2D eigenvalue weighted by Crippen LogP contribution is 2.18. The van der Waals surface area contributed by atoms with Crippen molar-refractivity contribution in [1.82, 2.24) is 14.5 Å². The van der Waals surface area contributed by atoms with Crippen LogP contribution in [0.4, 0.5) is 4.39 Å². The Bertz CT molecular complexity index is 978. The van der Waals surface area contributed by atoms with E-state index in [2.05, 4.69) is 5.32 Å². The zero-order chi connectivity index (χ0) is 21.6. The Hall–Kier alpha value is -2.49. The number of carbonyl (C=O) groups excluding carboxylic acids is 1. The molecular formula is C21H26FN3O4S. The molecule has 9 heteroatoms. The fourth-order valence-corrected chi connectivity index (χ4v) is 4.77. The number of benzene rings is 2. The molecule has 0 saturated carbocycles. The Morgan fingerprint density at radius 1 is 1.17 bits per heavy atom. The van der Waals surface area contributed by atoms with Crippen molar-refractivity contribution >= 4 is 15.9 Å². The van der Waals surface area contributed by atoms with E-state index in [-0.39, 0.29) is 24.4 Å². The summed E-state index contributed by atoms with van der Waals surface area (Å²) in [6.45, 7) is 2.10. The number of sulfonamides is 1. The highest BCUT2D eigenvalue weighted by atomic mass is 32.2. The van der Waals surface area contributed by atoms with E-state index in [0.717, 1.165) is 5.56 Å². The third-order valence-electron chi connectivity index (χ3n) is 4.99. The topological polar surface area (TPSA) is 79.0 Å². The molecule has 0 unspecified atom stereocenters. The SMILES string of the molecule is COc1cccc(CN(CCS(=O)(=O)N2CCNCC2)C(=O)c2ccccc2F)c1. The Kier molecular flexibility index (Phi) is 7.41. The van der Waals surface area contributed by atoms with Gasteiger partial charge in [0.15, 0.2) is 0 Å². The lowest BCUT2D eigenvalue weighted by molar-refractivity contribution is 0.0748. The van der Waals surface area contributed by atoms with Crippen LogP contribution >= 0.6 is 0 Å². The maximum Gasteiger partial charge on any atom is 0.257 e. The maximum absolute atomic E-state index is 14.2. The minimum absolute atomic E-state index is 0.0450. The van der Waals surface area contributed by atoms with Crippen molar-refractivity contribution in [2.24, 2.45) is 0 Å². The first-order chi connectivity index (χ1) is 14.4. The van der Waals surface area contributed by atoms with Gasteiger partial charge in [0.2, 0.25) is 10.0 Å². The number of carbonyl (C=O) groups is 1. The lowest BCUT2D eigenvalue weighted by Gasteiger charge is -2.28. The average Bonchev–Trinajstić information content (AvgIpc) is 2.77. The minimum Gasteiger partial charge on any atom is -0.497 e. The average molecular weight is 436 g/mol. The van der Waals surface area contributed by atoms with Gasteiger partial charge in [0.05, 0.1) is 18.4 Å². The molecule has 0 aromatic heterocycles. The van der Waals surface area contributed by atoms with Crippen molar-refractivity contribution in [1.29, 1.82) is 0 Å². The Balaban J connectivity index is 1.81. The van der Waals surface area contributed by atoms with E-state index >= 15 is 0 Å². The van der Waals surface area contributed by atoms with Gasteiger partial charge in [-0.1, -0.05) is 24.3 Å². The zero-order valence-electron chi connectivity index (χ0n) is 16.9. The van der Waals surface area contributed by atoms with Crippen LogP contribution in [-0.2, 0) is 16.6 Å². The third-order valence-corrected chi connectivity index (χ3v) is 6.84. The molecule has 0 atom stereocenters. The fraction of sp³-hybridized carbons (Fsp3) is 0.381. The van der Waals surface area contributed by atoms with Gasteiger partial charge in [0, 0.05) is 39.3 Å². The monoisotopic (exact) mass is 435 g/mol. The second-order valence-corrected chi connectivity index (χ2v) is 9.11. The first kappa shape index (κ1) is 22.2. The van der Waals surface area contributed by atoms with E-state index in [1.807, 2.05) is 6.07 Å². The van der Waals surface area contributed by atoms with Gasteiger partial charge in [-0.3, -0.25) is 4.79 Å². The molecule has 0 spiro atoms. The summed E-state index contributed by atoms with van der Waals surface area (Å²) in [5, 5.41) is 3.12. The van der Waals surface area contributed by atoms with E-state index in [4.69, 9.17) is 4.74 Å². The smallest absolute Gasteiger partial charge is 0.257 e. The number of nitrogens with one attached hydrogen (secondary N) is 1. The Labute approximate surface area is 176 Å². The molecule has 7 nitrogen and oxygen atoms in total. The molecule has 1 saturated heterocycles. The summed E-state index contributed by atoms with van der Waals surface area (Å²) in [7, 11) is -1.99. The largest absolute Gasteiger partial charge is 0.497 e. The summed E-state index contributed by atoms with van der Waals surface area (Å²) < 4.78 is 46.3. The lowest BCUT2D eigenvalue weighted by Crippen LogP contribution is -2.48. The molecule has 30 heavy (non-hydrogen) atoms. The molecule has 0 bridgehead atoms. The summed E-state index contributed by atoms with van der Waals surface area (Å²) in [6.07, 6.45) is 0. The molecule has 1 heterocycles. The number of hydrogen-bond donors (Lipinski definition) is 1. The van der Waals surface area contributed by atoms with Gasteiger partial charge in [-0.25, -0.2) is 12.8 Å². The number of halogens is 1. The fourth-order valence-electron chi connectivity index (χ4n) is 3.33. The first-order valence-corrected chi connectivity index (χ1v) is 11.4. The van der Waals surface area contributed by atoms with Crippen LogP contribution in [0, 0.1) is 5.82 Å². The molecule has 0 aliphatic carbocycles. The standard InChI is InChI=1S/C21H26FN3O4S/c1-29-18-6-4-5-17(15-18)16-24(21(26)19-7-2-3-8-20(19)22)13-14-30(27,28)25-11-9-23-10-12-25/h2-8,15,23H,9-14,16H2,1H3. The van der Waals surface area contributed by atoms with E-state index in [1.54, 1.807) is 31.4 Å². The van der Waals surface area contributed by atoms with Crippen LogP contribution in [0.2, 0.25) is 0 Å². The molecule has 3 rings (SSSR count).